The lowest BCUT2D eigenvalue weighted by Gasteiger charge is -2.14. The number of nitrogens with zero attached hydrogens (tertiary/aromatic N) is 1. The molecule has 0 atom stereocenters. The van der Waals surface area contributed by atoms with Crippen molar-refractivity contribution in [2.45, 2.75) is 6.18 Å². The van der Waals surface area contributed by atoms with Gasteiger partial charge in [-0.15, -0.1) is 0 Å². The molecule has 3 aromatic rings. The van der Waals surface area contributed by atoms with Crippen LogP contribution in [0.3, 0.4) is 0 Å². The van der Waals surface area contributed by atoms with Crippen LogP contribution < -0.4 is 15.5 Å². The zero-order valence-electron chi connectivity index (χ0n) is 17.6. The van der Waals surface area contributed by atoms with Crippen molar-refractivity contribution >= 4 is 35.0 Å². The van der Waals surface area contributed by atoms with Crippen LogP contribution >= 0.6 is 0 Å². The van der Waals surface area contributed by atoms with Crippen molar-refractivity contribution in [3.05, 3.63) is 89.5 Å². The molecule has 1 aliphatic rings. The molecule has 1 aliphatic heterocycles. The molecular weight excluding hydrogens is 451 g/mol. The molecule has 34 heavy (non-hydrogen) atoms. The largest absolute Gasteiger partial charge is 0.447 e. The standard InChI is InChI=1S/C24H18F3N3O4/c25-24(26,27)16-4-3-5-17(14-16)28-22(32)19-6-1-2-7-20(19)29-21(31)15-8-10-18(11-9-15)30-12-13-34-23(30)33/h1-11,14H,12-13H2,(H,28,32)(H,29,31). The molecule has 2 N–H and O–H groups in total. The number of alkyl halides is 3. The summed E-state index contributed by atoms with van der Waals surface area (Å²) in [6.07, 6.45) is -5.00. The minimum atomic E-state index is -4.54. The van der Waals surface area contributed by atoms with Crippen molar-refractivity contribution in [1.29, 1.82) is 0 Å². The van der Waals surface area contributed by atoms with E-state index < -0.39 is 29.6 Å². The molecular formula is C24H18F3N3O4. The SMILES string of the molecule is O=C(Nc1ccccc1C(=O)Nc1cccc(C(F)(F)F)c1)c1ccc(N2CCOC2=O)cc1. The fourth-order valence-corrected chi connectivity index (χ4v) is 3.38. The number of amides is 3. The predicted molar refractivity (Wildman–Crippen MR) is 119 cm³/mol. The average Bonchev–Trinajstić information content (AvgIpc) is 3.25. The average molecular weight is 469 g/mol. The number of hydrogen-bond donors (Lipinski definition) is 2. The highest BCUT2D eigenvalue weighted by molar-refractivity contribution is 6.12. The summed E-state index contributed by atoms with van der Waals surface area (Å²) in [7, 11) is 0. The van der Waals surface area contributed by atoms with Gasteiger partial charge in [0, 0.05) is 16.9 Å². The van der Waals surface area contributed by atoms with Crippen LogP contribution in [0.25, 0.3) is 0 Å². The summed E-state index contributed by atoms with van der Waals surface area (Å²) in [6, 6.07) is 16.7. The maximum Gasteiger partial charge on any atom is 0.416 e. The number of ether oxygens (including phenoxy) is 1. The van der Waals surface area contributed by atoms with Crippen LogP contribution in [0.1, 0.15) is 26.3 Å². The summed E-state index contributed by atoms with van der Waals surface area (Å²) < 4.78 is 43.7. The van der Waals surface area contributed by atoms with Crippen molar-refractivity contribution in [2.24, 2.45) is 0 Å². The van der Waals surface area contributed by atoms with E-state index in [1.54, 1.807) is 24.3 Å². The van der Waals surface area contributed by atoms with Crippen LogP contribution in [-0.4, -0.2) is 31.1 Å². The third-order valence-corrected chi connectivity index (χ3v) is 5.07. The Kier molecular flexibility index (Phi) is 6.22. The number of carbonyl (C=O) groups excluding carboxylic acids is 3. The maximum absolute atomic E-state index is 12.9. The molecule has 1 fully saturated rings. The van der Waals surface area contributed by atoms with E-state index in [1.165, 1.54) is 41.3 Å². The summed E-state index contributed by atoms with van der Waals surface area (Å²) >= 11 is 0. The van der Waals surface area contributed by atoms with Crippen molar-refractivity contribution in [1.82, 2.24) is 0 Å². The molecule has 0 radical (unpaired) electrons. The van der Waals surface area contributed by atoms with Crippen molar-refractivity contribution in [3.8, 4) is 0 Å². The van der Waals surface area contributed by atoms with E-state index in [0.717, 1.165) is 12.1 Å². The van der Waals surface area contributed by atoms with Crippen molar-refractivity contribution < 1.29 is 32.3 Å². The molecule has 174 valence electrons. The van der Waals surface area contributed by atoms with Gasteiger partial charge < -0.3 is 15.4 Å². The molecule has 0 saturated carbocycles. The van der Waals surface area contributed by atoms with Gasteiger partial charge in [0.05, 0.1) is 23.4 Å². The Morgan fingerprint density at radius 2 is 1.62 bits per heavy atom. The van der Waals surface area contributed by atoms with E-state index in [2.05, 4.69) is 10.6 Å². The second-order valence-electron chi connectivity index (χ2n) is 7.35. The van der Waals surface area contributed by atoms with Crippen LogP contribution in [0.15, 0.2) is 72.8 Å². The second-order valence-corrected chi connectivity index (χ2v) is 7.35. The van der Waals surface area contributed by atoms with E-state index >= 15 is 0 Å². The van der Waals surface area contributed by atoms with E-state index in [-0.39, 0.29) is 22.5 Å². The van der Waals surface area contributed by atoms with Crippen molar-refractivity contribution in [2.75, 3.05) is 28.7 Å². The van der Waals surface area contributed by atoms with Crippen LogP contribution in [0.4, 0.5) is 35.0 Å². The minimum absolute atomic E-state index is 0.0306. The first kappa shape index (κ1) is 22.8. The number of cyclic esters (lactones) is 1. The summed E-state index contributed by atoms with van der Waals surface area (Å²) in [6.45, 7) is 0.707. The Labute approximate surface area is 192 Å². The molecule has 1 heterocycles. The Hall–Kier alpha value is -4.34. The Morgan fingerprint density at radius 3 is 2.29 bits per heavy atom. The maximum atomic E-state index is 12.9. The Morgan fingerprint density at radius 1 is 0.882 bits per heavy atom. The molecule has 0 unspecified atom stereocenters. The van der Waals surface area contributed by atoms with Crippen LogP contribution in [0.5, 0.6) is 0 Å². The highest BCUT2D eigenvalue weighted by Crippen LogP contribution is 2.31. The number of para-hydroxylation sites is 1. The van der Waals surface area contributed by atoms with E-state index in [0.29, 0.717) is 18.8 Å². The normalized spacial score (nSPS) is 13.4. The summed E-state index contributed by atoms with van der Waals surface area (Å²) in [5.41, 5.74) is 0.202. The summed E-state index contributed by atoms with van der Waals surface area (Å²) in [5, 5.41) is 5.07. The Bertz CT molecular complexity index is 1240. The van der Waals surface area contributed by atoms with Crippen LogP contribution in [-0.2, 0) is 10.9 Å². The lowest BCUT2D eigenvalue weighted by molar-refractivity contribution is -0.137. The van der Waals surface area contributed by atoms with Gasteiger partial charge in [0.25, 0.3) is 11.8 Å². The van der Waals surface area contributed by atoms with E-state index in [9.17, 15) is 27.6 Å². The number of hydrogen-bond acceptors (Lipinski definition) is 4. The van der Waals surface area contributed by atoms with E-state index in [1.807, 2.05) is 0 Å². The third kappa shape index (κ3) is 5.01. The molecule has 0 aliphatic carbocycles. The number of carbonyl (C=O) groups is 3. The van der Waals surface area contributed by atoms with Gasteiger partial charge in [-0.1, -0.05) is 18.2 Å². The molecule has 0 bridgehead atoms. The van der Waals surface area contributed by atoms with Gasteiger partial charge in [0.15, 0.2) is 0 Å². The second kappa shape index (κ2) is 9.26. The zero-order valence-corrected chi connectivity index (χ0v) is 17.6. The number of nitrogens with one attached hydrogen (secondary N) is 2. The predicted octanol–water partition coefficient (Wildman–Crippen LogP) is 5.17. The van der Waals surface area contributed by atoms with Gasteiger partial charge in [-0.3, -0.25) is 14.5 Å². The van der Waals surface area contributed by atoms with Gasteiger partial charge >= 0.3 is 12.3 Å². The molecule has 4 rings (SSSR count). The first-order valence-corrected chi connectivity index (χ1v) is 10.2. The summed E-state index contributed by atoms with van der Waals surface area (Å²) in [4.78, 5) is 38.6. The minimum Gasteiger partial charge on any atom is -0.447 e. The molecule has 3 amide bonds. The molecule has 0 spiro atoms. The fraction of sp³-hybridized carbons (Fsp3) is 0.125. The van der Waals surface area contributed by atoms with Gasteiger partial charge in [-0.05, 0) is 54.6 Å². The molecule has 10 heteroatoms. The first-order valence-electron chi connectivity index (χ1n) is 10.2. The number of anilines is 3. The number of rotatable bonds is 5. The smallest absolute Gasteiger partial charge is 0.416 e. The van der Waals surface area contributed by atoms with Crippen LogP contribution in [0, 0.1) is 0 Å². The van der Waals surface area contributed by atoms with Gasteiger partial charge in [-0.25, -0.2) is 4.79 Å². The molecule has 0 aromatic heterocycles. The Balaban J connectivity index is 1.48. The third-order valence-electron chi connectivity index (χ3n) is 5.07. The zero-order chi connectivity index (χ0) is 24.3. The first-order chi connectivity index (χ1) is 16.2. The highest BCUT2D eigenvalue weighted by atomic mass is 19.4. The monoisotopic (exact) mass is 469 g/mol. The van der Waals surface area contributed by atoms with Crippen LogP contribution in [0.2, 0.25) is 0 Å². The fourth-order valence-electron chi connectivity index (χ4n) is 3.38. The summed E-state index contributed by atoms with van der Waals surface area (Å²) in [5.74, 6) is -1.19. The number of halogens is 3. The molecule has 3 aromatic carbocycles. The van der Waals surface area contributed by atoms with Gasteiger partial charge in [0.1, 0.15) is 6.61 Å². The van der Waals surface area contributed by atoms with Gasteiger partial charge in [-0.2, -0.15) is 13.2 Å². The molecule has 1 saturated heterocycles. The lowest BCUT2D eigenvalue weighted by Crippen LogP contribution is -2.23. The van der Waals surface area contributed by atoms with Gasteiger partial charge in [0.2, 0.25) is 0 Å². The quantitative estimate of drug-likeness (QED) is 0.540. The van der Waals surface area contributed by atoms with Crippen molar-refractivity contribution in [3.63, 3.8) is 0 Å². The van der Waals surface area contributed by atoms with E-state index in [4.69, 9.17) is 4.74 Å². The topological polar surface area (TPSA) is 87.7 Å². The molecule has 7 nitrogen and oxygen atoms in total. The number of benzene rings is 3. The highest BCUT2D eigenvalue weighted by Gasteiger charge is 2.30. The lowest BCUT2D eigenvalue weighted by atomic mass is 10.1.